The molecule has 1 atom stereocenters. The van der Waals surface area contributed by atoms with Crippen molar-refractivity contribution in [1.82, 2.24) is 0 Å². The average Bonchev–Trinajstić information content (AvgIpc) is 2.69. The lowest BCUT2D eigenvalue weighted by atomic mass is 10.1. The van der Waals surface area contributed by atoms with E-state index in [4.69, 9.17) is 0 Å². The van der Waals surface area contributed by atoms with Crippen molar-refractivity contribution in [3.63, 3.8) is 0 Å². The van der Waals surface area contributed by atoms with Crippen LogP contribution in [0.2, 0.25) is 0 Å². The number of rotatable bonds is 7. The summed E-state index contributed by atoms with van der Waals surface area (Å²) in [4.78, 5) is 10.8. The van der Waals surface area contributed by atoms with Crippen LogP contribution in [0.3, 0.4) is 0 Å². The van der Waals surface area contributed by atoms with Gasteiger partial charge in [-0.3, -0.25) is 14.8 Å². The van der Waals surface area contributed by atoms with Crippen LogP contribution in [-0.2, 0) is 10.0 Å². The van der Waals surface area contributed by atoms with Gasteiger partial charge >= 0.3 is 0 Å². The van der Waals surface area contributed by atoms with E-state index >= 15 is 0 Å². The van der Waals surface area contributed by atoms with Crippen LogP contribution >= 0.6 is 0 Å². The van der Waals surface area contributed by atoms with E-state index in [-0.39, 0.29) is 22.3 Å². The number of sulfonamides is 1. The maximum absolute atomic E-state index is 12.6. The summed E-state index contributed by atoms with van der Waals surface area (Å²) in [5, 5.41) is 14.6. The van der Waals surface area contributed by atoms with Gasteiger partial charge in [-0.2, -0.15) is 0 Å². The van der Waals surface area contributed by atoms with Gasteiger partial charge in [-0.1, -0.05) is 48.5 Å². The molecule has 8 heteroatoms. The summed E-state index contributed by atoms with van der Waals surface area (Å²) in [6.07, 6.45) is 0. The number of nitro groups is 1. The van der Waals surface area contributed by atoms with E-state index < -0.39 is 14.9 Å². The predicted molar refractivity (Wildman–Crippen MR) is 109 cm³/mol. The summed E-state index contributed by atoms with van der Waals surface area (Å²) in [6.45, 7) is 1.88. The topological polar surface area (TPSA) is 101 Å². The van der Waals surface area contributed by atoms with E-state index in [1.54, 1.807) is 30.3 Å². The van der Waals surface area contributed by atoms with E-state index in [1.807, 2.05) is 37.3 Å². The third-order valence-corrected chi connectivity index (χ3v) is 5.55. The summed E-state index contributed by atoms with van der Waals surface area (Å²) in [5.41, 5.74) is 1.28. The molecule has 0 aliphatic rings. The highest BCUT2D eigenvalue weighted by Gasteiger charge is 2.22. The number of hydrogen-bond acceptors (Lipinski definition) is 5. The molecular formula is C20H19N3O4S. The average molecular weight is 397 g/mol. The van der Waals surface area contributed by atoms with Gasteiger partial charge in [0.2, 0.25) is 0 Å². The molecule has 7 nitrogen and oxygen atoms in total. The number of benzene rings is 3. The number of nitrogens with one attached hydrogen (secondary N) is 2. The monoisotopic (exact) mass is 397 g/mol. The molecule has 3 aromatic carbocycles. The molecule has 0 spiro atoms. The van der Waals surface area contributed by atoms with Crippen molar-refractivity contribution in [2.75, 3.05) is 10.0 Å². The molecule has 0 fully saturated rings. The maximum Gasteiger partial charge on any atom is 0.293 e. The standard InChI is InChI=1S/C20H19N3O4S/c1-15(16-8-4-2-5-9-16)21-19-13-12-18(14-20(19)23(24)25)28(26,27)22-17-10-6-3-7-11-17/h2-15,21-22H,1H3/t15-/m1/s1. The van der Waals surface area contributed by atoms with Crippen LogP contribution in [0.5, 0.6) is 0 Å². The molecule has 0 aromatic heterocycles. The highest BCUT2D eigenvalue weighted by molar-refractivity contribution is 7.92. The van der Waals surface area contributed by atoms with Gasteiger partial charge in [0.05, 0.1) is 9.82 Å². The van der Waals surface area contributed by atoms with Crippen molar-refractivity contribution < 1.29 is 13.3 Å². The fourth-order valence-corrected chi connectivity index (χ4v) is 3.81. The molecule has 0 aliphatic carbocycles. The summed E-state index contributed by atoms with van der Waals surface area (Å²) in [5.74, 6) is 0. The van der Waals surface area contributed by atoms with Gasteiger partial charge in [0.15, 0.2) is 0 Å². The molecule has 0 radical (unpaired) electrons. The van der Waals surface area contributed by atoms with E-state index in [2.05, 4.69) is 10.0 Å². The number of nitro benzene ring substituents is 1. The zero-order valence-corrected chi connectivity index (χ0v) is 15.9. The summed E-state index contributed by atoms with van der Waals surface area (Å²) in [6, 6.07) is 21.4. The number of anilines is 2. The number of hydrogen-bond donors (Lipinski definition) is 2. The second kappa shape index (κ2) is 8.10. The Hall–Kier alpha value is -3.39. The zero-order chi connectivity index (χ0) is 20.1. The fraction of sp³-hybridized carbons (Fsp3) is 0.100. The van der Waals surface area contributed by atoms with Gasteiger partial charge < -0.3 is 5.32 Å². The Morgan fingerprint density at radius 1 is 0.929 bits per heavy atom. The van der Waals surface area contributed by atoms with Crippen molar-refractivity contribution in [2.45, 2.75) is 17.9 Å². The fourth-order valence-electron chi connectivity index (χ4n) is 2.73. The first-order chi connectivity index (χ1) is 13.4. The minimum absolute atomic E-state index is 0.180. The second-order valence-corrected chi connectivity index (χ2v) is 7.87. The first-order valence-electron chi connectivity index (χ1n) is 8.54. The molecule has 28 heavy (non-hydrogen) atoms. The molecule has 0 saturated carbocycles. The van der Waals surface area contributed by atoms with Gasteiger partial charge in [0.1, 0.15) is 5.69 Å². The lowest BCUT2D eigenvalue weighted by molar-refractivity contribution is -0.384. The smallest absolute Gasteiger partial charge is 0.293 e. The van der Waals surface area contributed by atoms with E-state index in [0.29, 0.717) is 5.69 Å². The summed E-state index contributed by atoms with van der Waals surface area (Å²) >= 11 is 0. The van der Waals surface area contributed by atoms with E-state index in [9.17, 15) is 18.5 Å². The van der Waals surface area contributed by atoms with Crippen molar-refractivity contribution in [3.05, 3.63) is 94.5 Å². The van der Waals surface area contributed by atoms with Crippen molar-refractivity contribution >= 4 is 27.1 Å². The molecule has 3 aromatic rings. The zero-order valence-electron chi connectivity index (χ0n) is 15.1. The minimum atomic E-state index is -3.95. The van der Waals surface area contributed by atoms with E-state index in [1.165, 1.54) is 12.1 Å². The highest BCUT2D eigenvalue weighted by atomic mass is 32.2. The summed E-state index contributed by atoms with van der Waals surface area (Å²) in [7, 11) is -3.95. The van der Waals surface area contributed by atoms with Gasteiger partial charge in [0.25, 0.3) is 15.7 Å². The summed E-state index contributed by atoms with van der Waals surface area (Å²) < 4.78 is 27.6. The Morgan fingerprint density at radius 3 is 2.14 bits per heavy atom. The Bertz CT molecular complexity index is 1070. The largest absolute Gasteiger partial charge is 0.373 e. The Labute approximate surface area is 163 Å². The minimum Gasteiger partial charge on any atom is -0.373 e. The van der Waals surface area contributed by atoms with Crippen LogP contribution in [0.25, 0.3) is 0 Å². The maximum atomic E-state index is 12.6. The van der Waals surface area contributed by atoms with Crippen molar-refractivity contribution in [2.24, 2.45) is 0 Å². The Morgan fingerprint density at radius 2 is 1.54 bits per heavy atom. The molecule has 0 aliphatic heterocycles. The van der Waals surface area contributed by atoms with Crippen LogP contribution in [0.4, 0.5) is 17.1 Å². The molecule has 3 rings (SSSR count). The third kappa shape index (κ3) is 4.47. The van der Waals surface area contributed by atoms with Crippen LogP contribution in [0, 0.1) is 10.1 Å². The molecule has 0 saturated heterocycles. The molecule has 0 bridgehead atoms. The lowest BCUT2D eigenvalue weighted by Gasteiger charge is -2.16. The highest BCUT2D eigenvalue weighted by Crippen LogP contribution is 2.31. The quantitative estimate of drug-likeness (QED) is 0.449. The second-order valence-electron chi connectivity index (χ2n) is 6.18. The normalized spacial score (nSPS) is 12.2. The molecule has 0 amide bonds. The van der Waals surface area contributed by atoms with Crippen LogP contribution in [-0.4, -0.2) is 13.3 Å². The molecule has 2 N–H and O–H groups in total. The SMILES string of the molecule is C[C@@H](Nc1ccc(S(=O)(=O)Nc2ccccc2)cc1[N+](=O)[O-])c1ccccc1. The molecule has 0 unspecified atom stereocenters. The molecular weight excluding hydrogens is 378 g/mol. The van der Waals surface area contributed by atoms with Gasteiger partial charge in [-0.05, 0) is 36.8 Å². The Balaban J connectivity index is 1.90. The molecule has 144 valence electrons. The van der Waals surface area contributed by atoms with Crippen LogP contribution in [0.15, 0.2) is 83.8 Å². The van der Waals surface area contributed by atoms with Gasteiger partial charge in [0, 0.05) is 17.8 Å². The third-order valence-electron chi connectivity index (χ3n) is 4.17. The first-order valence-corrected chi connectivity index (χ1v) is 10.0. The van der Waals surface area contributed by atoms with Crippen molar-refractivity contribution in [3.8, 4) is 0 Å². The van der Waals surface area contributed by atoms with Gasteiger partial charge in [-0.15, -0.1) is 0 Å². The number of nitrogens with zero attached hydrogens (tertiary/aromatic N) is 1. The van der Waals surface area contributed by atoms with E-state index in [0.717, 1.165) is 11.6 Å². The predicted octanol–water partition coefficient (Wildman–Crippen LogP) is 4.57. The van der Waals surface area contributed by atoms with Crippen LogP contribution < -0.4 is 10.0 Å². The van der Waals surface area contributed by atoms with Crippen LogP contribution in [0.1, 0.15) is 18.5 Å². The van der Waals surface area contributed by atoms with Gasteiger partial charge in [-0.25, -0.2) is 8.42 Å². The first kappa shape index (κ1) is 19.4. The van der Waals surface area contributed by atoms with Crippen molar-refractivity contribution in [1.29, 1.82) is 0 Å². The Kier molecular flexibility index (Phi) is 5.60. The lowest BCUT2D eigenvalue weighted by Crippen LogP contribution is -2.14. The molecule has 0 heterocycles. The number of para-hydroxylation sites is 1.